The van der Waals surface area contributed by atoms with Gasteiger partial charge in [-0.15, -0.1) is 5.10 Å². The van der Waals surface area contributed by atoms with Crippen LogP contribution in [0, 0.1) is 0 Å². The largest absolute Gasteiger partial charge is 0.481 e. The number of imidazole rings is 1. The van der Waals surface area contributed by atoms with Gasteiger partial charge in [-0.3, -0.25) is 0 Å². The van der Waals surface area contributed by atoms with Crippen molar-refractivity contribution in [1.82, 2.24) is 19.6 Å². The van der Waals surface area contributed by atoms with Crippen LogP contribution in [0.3, 0.4) is 0 Å². The summed E-state index contributed by atoms with van der Waals surface area (Å²) in [6, 6.07) is 15.3. The normalized spacial score (nSPS) is 10.8. The van der Waals surface area contributed by atoms with Crippen molar-refractivity contribution in [3.8, 4) is 17.1 Å². The number of benzene rings is 1. The van der Waals surface area contributed by atoms with Crippen LogP contribution in [0.15, 0.2) is 60.9 Å². The van der Waals surface area contributed by atoms with E-state index in [2.05, 4.69) is 20.4 Å². The first-order chi connectivity index (χ1) is 12.7. The van der Waals surface area contributed by atoms with Crippen LogP contribution >= 0.6 is 11.6 Å². The van der Waals surface area contributed by atoms with E-state index < -0.39 is 0 Å². The smallest absolute Gasteiger partial charge is 0.212 e. The summed E-state index contributed by atoms with van der Waals surface area (Å²) in [5, 5.41) is 8.67. The molecule has 0 amide bonds. The topological polar surface area (TPSA) is 64.3 Å². The quantitative estimate of drug-likeness (QED) is 0.577. The number of hydrogen-bond acceptors (Lipinski definition) is 5. The van der Waals surface area contributed by atoms with Gasteiger partial charge in [-0.1, -0.05) is 23.7 Å². The summed E-state index contributed by atoms with van der Waals surface area (Å²) in [5.41, 5.74) is 3.63. The van der Waals surface area contributed by atoms with Crippen molar-refractivity contribution in [2.45, 2.75) is 6.54 Å². The molecule has 0 saturated carbocycles. The molecule has 0 spiro atoms. The number of aromatic nitrogens is 4. The molecule has 7 heteroatoms. The van der Waals surface area contributed by atoms with E-state index in [9.17, 15) is 0 Å². The average molecular weight is 366 g/mol. The maximum atomic E-state index is 6.03. The maximum Gasteiger partial charge on any atom is 0.212 e. The third-order valence-electron chi connectivity index (χ3n) is 3.97. The average Bonchev–Trinajstić information content (AvgIpc) is 3.10. The molecule has 0 aliphatic heterocycles. The number of pyridine rings is 1. The number of fused-ring (bicyclic) bond motifs is 1. The number of nitrogens with one attached hydrogen (secondary N) is 1. The lowest BCUT2D eigenvalue weighted by Gasteiger charge is -2.08. The second kappa shape index (κ2) is 7.01. The first-order valence-corrected chi connectivity index (χ1v) is 8.44. The Balaban J connectivity index is 1.61. The summed E-state index contributed by atoms with van der Waals surface area (Å²) in [5.74, 6) is 1.32. The fraction of sp³-hybridized carbons (Fsp3) is 0.105. The van der Waals surface area contributed by atoms with Crippen LogP contribution in [-0.2, 0) is 6.54 Å². The van der Waals surface area contributed by atoms with Crippen LogP contribution in [0.25, 0.3) is 16.9 Å². The lowest BCUT2D eigenvalue weighted by atomic mass is 10.2. The zero-order chi connectivity index (χ0) is 17.9. The molecule has 130 valence electrons. The minimum absolute atomic E-state index is 0.569. The van der Waals surface area contributed by atoms with Crippen LogP contribution in [0.2, 0.25) is 5.02 Å². The number of nitrogens with zero attached hydrogens (tertiary/aromatic N) is 4. The molecule has 0 atom stereocenters. The molecular formula is C19H16ClN5O. The van der Waals surface area contributed by atoms with Gasteiger partial charge >= 0.3 is 0 Å². The first-order valence-electron chi connectivity index (χ1n) is 8.06. The molecule has 0 aliphatic carbocycles. The van der Waals surface area contributed by atoms with Crippen LogP contribution < -0.4 is 10.1 Å². The standard InChI is InChI=1S/C19H16ClN5O/c1-26-19-8-5-14(11-23-19)16-12-22-18-7-6-17(24-25(16)18)21-10-13-3-2-4-15(20)9-13/h2-9,11-12H,10H2,1H3,(H,21,24). The van der Waals surface area contributed by atoms with E-state index in [1.165, 1.54) is 0 Å². The van der Waals surface area contributed by atoms with E-state index in [-0.39, 0.29) is 0 Å². The summed E-state index contributed by atoms with van der Waals surface area (Å²) in [6.07, 6.45) is 3.53. The molecule has 3 aromatic heterocycles. The van der Waals surface area contributed by atoms with Crippen LogP contribution in [0.5, 0.6) is 5.88 Å². The van der Waals surface area contributed by atoms with Crippen molar-refractivity contribution in [2.24, 2.45) is 0 Å². The van der Waals surface area contributed by atoms with E-state index in [0.29, 0.717) is 12.4 Å². The van der Waals surface area contributed by atoms with Gasteiger partial charge in [0, 0.05) is 29.4 Å². The Bertz CT molecular complexity index is 1050. The molecule has 1 aromatic carbocycles. The third-order valence-corrected chi connectivity index (χ3v) is 4.20. The van der Waals surface area contributed by atoms with Gasteiger partial charge in [-0.05, 0) is 35.9 Å². The predicted octanol–water partition coefficient (Wildman–Crippen LogP) is 4.07. The zero-order valence-electron chi connectivity index (χ0n) is 14.1. The number of rotatable bonds is 5. The van der Waals surface area contributed by atoms with E-state index >= 15 is 0 Å². The Hall–Kier alpha value is -3.12. The lowest BCUT2D eigenvalue weighted by molar-refractivity contribution is 0.398. The summed E-state index contributed by atoms with van der Waals surface area (Å²) in [4.78, 5) is 8.65. The molecule has 1 N–H and O–H groups in total. The number of methoxy groups -OCH3 is 1. The highest BCUT2D eigenvalue weighted by molar-refractivity contribution is 6.30. The highest BCUT2D eigenvalue weighted by Gasteiger charge is 2.09. The molecule has 4 aromatic rings. The number of ether oxygens (including phenoxy) is 1. The lowest BCUT2D eigenvalue weighted by Crippen LogP contribution is -2.04. The maximum absolute atomic E-state index is 6.03. The monoisotopic (exact) mass is 365 g/mol. The number of halogens is 1. The molecule has 0 aliphatic rings. The fourth-order valence-corrected chi connectivity index (χ4v) is 2.87. The number of anilines is 1. The van der Waals surface area contributed by atoms with Crippen LogP contribution in [-0.4, -0.2) is 26.7 Å². The van der Waals surface area contributed by atoms with E-state index in [0.717, 1.165) is 33.3 Å². The van der Waals surface area contributed by atoms with Crippen molar-refractivity contribution < 1.29 is 4.74 Å². The van der Waals surface area contributed by atoms with Crippen molar-refractivity contribution in [3.63, 3.8) is 0 Å². The molecular weight excluding hydrogens is 350 g/mol. The van der Waals surface area contributed by atoms with Gasteiger partial charge in [-0.2, -0.15) is 0 Å². The van der Waals surface area contributed by atoms with Gasteiger partial charge in [0.1, 0.15) is 5.82 Å². The van der Waals surface area contributed by atoms with Gasteiger partial charge in [0.2, 0.25) is 5.88 Å². The van der Waals surface area contributed by atoms with Crippen LogP contribution in [0.1, 0.15) is 5.56 Å². The van der Waals surface area contributed by atoms with Gasteiger partial charge in [-0.25, -0.2) is 14.5 Å². The summed E-state index contributed by atoms with van der Waals surface area (Å²) < 4.78 is 6.90. The molecule has 6 nitrogen and oxygen atoms in total. The van der Waals surface area contributed by atoms with E-state index in [4.69, 9.17) is 16.3 Å². The van der Waals surface area contributed by atoms with E-state index in [1.54, 1.807) is 24.0 Å². The van der Waals surface area contributed by atoms with Gasteiger partial charge in [0.05, 0.1) is 19.0 Å². The molecule has 0 unspecified atom stereocenters. The Morgan fingerprint density at radius 1 is 1.08 bits per heavy atom. The van der Waals surface area contributed by atoms with Gasteiger partial charge in [0.15, 0.2) is 5.65 Å². The predicted molar refractivity (Wildman–Crippen MR) is 102 cm³/mol. The molecule has 3 heterocycles. The van der Waals surface area contributed by atoms with Gasteiger partial charge in [0.25, 0.3) is 0 Å². The van der Waals surface area contributed by atoms with Crippen molar-refractivity contribution in [1.29, 1.82) is 0 Å². The van der Waals surface area contributed by atoms with Crippen LogP contribution in [0.4, 0.5) is 5.82 Å². The Morgan fingerprint density at radius 3 is 2.77 bits per heavy atom. The second-order valence-corrected chi connectivity index (χ2v) is 6.14. The van der Waals surface area contributed by atoms with Crippen molar-refractivity contribution in [2.75, 3.05) is 12.4 Å². The Morgan fingerprint density at radius 2 is 2.00 bits per heavy atom. The van der Waals surface area contributed by atoms with Crippen molar-refractivity contribution >= 4 is 23.1 Å². The molecule has 0 fully saturated rings. The molecule has 0 bridgehead atoms. The molecule has 0 saturated heterocycles. The molecule has 0 radical (unpaired) electrons. The summed E-state index contributed by atoms with van der Waals surface area (Å²) in [6.45, 7) is 0.632. The van der Waals surface area contributed by atoms with Crippen molar-refractivity contribution in [3.05, 3.63) is 71.5 Å². The van der Waals surface area contributed by atoms with E-state index in [1.807, 2.05) is 48.5 Å². The highest BCUT2D eigenvalue weighted by Crippen LogP contribution is 2.22. The third kappa shape index (κ3) is 3.32. The Labute approximate surface area is 155 Å². The SMILES string of the molecule is COc1ccc(-c2cnc3ccc(NCc4cccc(Cl)c4)nn23)cn1. The summed E-state index contributed by atoms with van der Waals surface area (Å²) in [7, 11) is 1.59. The summed E-state index contributed by atoms with van der Waals surface area (Å²) >= 11 is 6.03. The second-order valence-electron chi connectivity index (χ2n) is 5.70. The fourth-order valence-electron chi connectivity index (χ4n) is 2.66. The zero-order valence-corrected chi connectivity index (χ0v) is 14.8. The molecule has 26 heavy (non-hydrogen) atoms. The number of hydrogen-bond donors (Lipinski definition) is 1. The minimum atomic E-state index is 0.569. The highest BCUT2D eigenvalue weighted by atomic mass is 35.5. The minimum Gasteiger partial charge on any atom is -0.481 e. The Kier molecular flexibility index (Phi) is 4.41. The van der Waals surface area contributed by atoms with Gasteiger partial charge < -0.3 is 10.1 Å². The first kappa shape index (κ1) is 16.4. The molecule has 4 rings (SSSR count).